The van der Waals surface area contributed by atoms with E-state index in [1.165, 1.54) is 0 Å². The Hall–Kier alpha value is 0.400. The fourth-order valence-corrected chi connectivity index (χ4v) is 0.424. The molecule has 0 bridgehead atoms. The summed E-state index contributed by atoms with van der Waals surface area (Å²) in [4.78, 5) is 0. The minimum atomic E-state index is -0.634. The van der Waals surface area contributed by atoms with Crippen LogP contribution in [-0.4, -0.2) is 23.3 Å². The number of rotatable bonds is 3. The minimum absolute atomic E-state index is 0.487. The molecule has 0 aromatic carbocycles. The first-order valence-corrected chi connectivity index (χ1v) is 3.29. The number of alkyl halides is 1. The fraction of sp³-hybridized carbons (Fsp3) is 1.00. The second-order valence-corrected chi connectivity index (χ2v) is 1.71. The van der Waals surface area contributed by atoms with Gasteiger partial charge >= 0.3 is 0 Å². The van der Waals surface area contributed by atoms with E-state index in [0.29, 0.717) is 11.9 Å². The van der Waals surface area contributed by atoms with Gasteiger partial charge in [-0.1, -0.05) is 15.9 Å². The molecule has 0 aromatic rings. The summed E-state index contributed by atoms with van der Waals surface area (Å²) in [6.07, 6.45) is -0.634. The molecule has 0 heterocycles. The van der Waals surface area contributed by atoms with Gasteiger partial charge in [0, 0.05) is 6.61 Å². The van der Waals surface area contributed by atoms with Crippen LogP contribution in [0.4, 0.5) is 0 Å². The van der Waals surface area contributed by atoms with Gasteiger partial charge in [0.15, 0.2) is 6.29 Å². The molecule has 44 valence electrons. The quantitative estimate of drug-likeness (QED) is 0.498. The van der Waals surface area contributed by atoms with Crippen LogP contribution < -0.4 is 0 Å². The smallest absolute Gasteiger partial charge is 0.164 e. The van der Waals surface area contributed by atoms with Crippen molar-refractivity contribution in [2.24, 2.45) is 0 Å². The first kappa shape index (κ1) is 7.40. The van der Waals surface area contributed by atoms with Gasteiger partial charge in [-0.3, -0.25) is 0 Å². The highest BCUT2D eigenvalue weighted by molar-refractivity contribution is 9.09. The third-order valence-electron chi connectivity index (χ3n) is 0.491. The predicted molar refractivity (Wildman–Crippen MR) is 31.4 cm³/mol. The molecule has 7 heavy (non-hydrogen) atoms. The third kappa shape index (κ3) is 4.25. The van der Waals surface area contributed by atoms with Crippen LogP contribution in [0.3, 0.4) is 0 Å². The molecule has 0 aliphatic heterocycles. The zero-order valence-electron chi connectivity index (χ0n) is 4.22. The summed E-state index contributed by atoms with van der Waals surface area (Å²) in [6.45, 7) is 2.40. The van der Waals surface area contributed by atoms with E-state index < -0.39 is 6.29 Å². The van der Waals surface area contributed by atoms with Crippen LogP contribution in [0.15, 0.2) is 0 Å². The van der Waals surface area contributed by atoms with Crippen LogP contribution in [0.1, 0.15) is 6.92 Å². The molecule has 0 saturated carbocycles. The Bertz CT molecular complexity index is 40.7. The average molecular weight is 169 g/mol. The van der Waals surface area contributed by atoms with E-state index in [0.717, 1.165) is 0 Å². The Balaban J connectivity index is 2.83. The van der Waals surface area contributed by atoms with Crippen LogP contribution in [-0.2, 0) is 4.74 Å². The van der Waals surface area contributed by atoms with E-state index in [1.54, 1.807) is 0 Å². The largest absolute Gasteiger partial charge is 0.367 e. The molecule has 0 spiro atoms. The standard InChI is InChI=1S/C4H9BrO2/c1-2-7-4(6)3-5/h4,6H,2-3H2,1H3. The number of aliphatic hydroxyl groups excluding tert-OH is 1. The lowest BCUT2D eigenvalue weighted by Gasteiger charge is -2.03. The van der Waals surface area contributed by atoms with Gasteiger partial charge in [-0.15, -0.1) is 0 Å². The van der Waals surface area contributed by atoms with Crippen LogP contribution >= 0.6 is 15.9 Å². The van der Waals surface area contributed by atoms with Gasteiger partial charge in [0.2, 0.25) is 0 Å². The molecule has 3 heteroatoms. The van der Waals surface area contributed by atoms with Gasteiger partial charge in [0.25, 0.3) is 0 Å². The molecular formula is C4H9BrO2. The van der Waals surface area contributed by atoms with Crippen molar-refractivity contribution in [3.8, 4) is 0 Å². The van der Waals surface area contributed by atoms with Crippen LogP contribution in [0, 0.1) is 0 Å². The van der Waals surface area contributed by atoms with Gasteiger partial charge in [-0.25, -0.2) is 0 Å². The number of aliphatic hydroxyl groups is 1. The van der Waals surface area contributed by atoms with Crippen molar-refractivity contribution in [2.45, 2.75) is 13.2 Å². The molecule has 2 nitrogen and oxygen atoms in total. The van der Waals surface area contributed by atoms with Crippen molar-refractivity contribution in [1.82, 2.24) is 0 Å². The van der Waals surface area contributed by atoms with Crippen molar-refractivity contribution < 1.29 is 9.84 Å². The summed E-state index contributed by atoms with van der Waals surface area (Å²) >= 11 is 3.04. The van der Waals surface area contributed by atoms with E-state index in [2.05, 4.69) is 15.9 Å². The van der Waals surface area contributed by atoms with Crippen LogP contribution in [0.5, 0.6) is 0 Å². The lowest BCUT2D eigenvalue weighted by atomic mass is 10.7. The monoisotopic (exact) mass is 168 g/mol. The summed E-state index contributed by atoms with van der Waals surface area (Å²) in [7, 11) is 0. The summed E-state index contributed by atoms with van der Waals surface area (Å²) in [5.74, 6) is 0. The minimum Gasteiger partial charge on any atom is -0.367 e. The predicted octanol–water partition coefficient (Wildman–Crippen LogP) is 0.736. The topological polar surface area (TPSA) is 29.5 Å². The molecule has 0 rings (SSSR count). The van der Waals surface area contributed by atoms with Crippen LogP contribution in [0.25, 0.3) is 0 Å². The van der Waals surface area contributed by atoms with Gasteiger partial charge in [-0.2, -0.15) is 0 Å². The molecule has 0 amide bonds. The summed E-state index contributed by atoms with van der Waals surface area (Å²) < 4.78 is 4.70. The summed E-state index contributed by atoms with van der Waals surface area (Å²) in [5.41, 5.74) is 0. The Morgan fingerprint density at radius 2 is 2.43 bits per heavy atom. The second-order valence-electron chi connectivity index (χ2n) is 1.06. The van der Waals surface area contributed by atoms with E-state index >= 15 is 0 Å². The van der Waals surface area contributed by atoms with Gasteiger partial charge in [0.05, 0.1) is 5.33 Å². The zero-order chi connectivity index (χ0) is 5.70. The molecule has 0 radical (unpaired) electrons. The van der Waals surface area contributed by atoms with Gasteiger partial charge in [0.1, 0.15) is 0 Å². The normalized spacial score (nSPS) is 14.1. The molecule has 1 unspecified atom stereocenters. The van der Waals surface area contributed by atoms with Crippen molar-refractivity contribution in [2.75, 3.05) is 11.9 Å². The van der Waals surface area contributed by atoms with Crippen molar-refractivity contribution in [3.63, 3.8) is 0 Å². The lowest BCUT2D eigenvalue weighted by Crippen LogP contribution is -2.12. The maximum Gasteiger partial charge on any atom is 0.164 e. The lowest BCUT2D eigenvalue weighted by molar-refractivity contribution is -0.0756. The summed E-state index contributed by atoms with van der Waals surface area (Å²) in [5, 5.41) is 9.08. The Labute approximate surface area is 51.6 Å². The first-order valence-electron chi connectivity index (χ1n) is 2.17. The third-order valence-corrected chi connectivity index (χ3v) is 1.04. The van der Waals surface area contributed by atoms with Gasteiger partial charge in [-0.05, 0) is 6.92 Å². The molecule has 0 saturated heterocycles. The maximum atomic E-state index is 8.59. The Kier molecular flexibility index (Phi) is 4.82. The fourth-order valence-electron chi connectivity index (χ4n) is 0.237. The van der Waals surface area contributed by atoms with Crippen molar-refractivity contribution in [1.29, 1.82) is 0 Å². The van der Waals surface area contributed by atoms with E-state index in [1.807, 2.05) is 6.92 Å². The van der Waals surface area contributed by atoms with E-state index in [4.69, 9.17) is 9.84 Å². The molecule has 1 atom stereocenters. The number of ether oxygens (including phenoxy) is 1. The highest BCUT2D eigenvalue weighted by atomic mass is 79.9. The van der Waals surface area contributed by atoms with Crippen molar-refractivity contribution >= 4 is 15.9 Å². The van der Waals surface area contributed by atoms with Crippen molar-refractivity contribution in [3.05, 3.63) is 0 Å². The molecule has 0 aromatic heterocycles. The molecule has 0 aliphatic rings. The number of halogens is 1. The average Bonchev–Trinajstić information content (AvgIpc) is 1.68. The van der Waals surface area contributed by atoms with E-state index in [-0.39, 0.29) is 0 Å². The SMILES string of the molecule is CCOC(O)CBr. The Morgan fingerprint density at radius 1 is 1.86 bits per heavy atom. The molecule has 0 aliphatic carbocycles. The highest BCUT2D eigenvalue weighted by Gasteiger charge is 1.95. The maximum absolute atomic E-state index is 8.59. The first-order chi connectivity index (χ1) is 3.31. The van der Waals surface area contributed by atoms with Crippen LogP contribution in [0.2, 0.25) is 0 Å². The molecular weight excluding hydrogens is 160 g/mol. The Morgan fingerprint density at radius 3 is 2.57 bits per heavy atom. The molecule has 0 fully saturated rings. The van der Waals surface area contributed by atoms with E-state index in [9.17, 15) is 0 Å². The zero-order valence-corrected chi connectivity index (χ0v) is 5.81. The molecule has 1 N–H and O–H groups in total. The summed E-state index contributed by atoms with van der Waals surface area (Å²) in [6, 6.07) is 0. The highest BCUT2D eigenvalue weighted by Crippen LogP contribution is 1.90. The number of hydrogen-bond acceptors (Lipinski definition) is 2. The number of hydrogen-bond donors (Lipinski definition) is 1. The second kappa shape index (κ2) is 4.56. The van der Waals surface area contributed by atoms with Gasteiger partial charge < -0.3 is 9.84 Å².